The summed E-state index contributed by atoms with van der Waals surface area (Å²) in [6.07, 6.45) is 2.63. The van der Waals surface area contributed by atoms with E-state index in [1.54, 1.807) is 6.07 Å². The summed E-state index contributed by atoms with van der Waals surface area (Å²) in [5, 5.41) is 8.99. The Bertz CT molecular complexity index is 699. The number of nitrogens with zero attached hydrogens (tertiary/aromatic N) is 1. The van der Waals surface area contributed by atoms with Gasteiger partial charge in [-0.05, 0) is 24.3 Å². The van der Waals surface area contributed by atoms with Gasteiger partial charge in [0.15, 0.2) is 0 Å². The van der Waals surface area contributed by atoms with E-state index in [0.717, 1.165) is 0 Å². The molecule has 2 rings (SSSR count). The number of aromatic nitrogens is 1. The molecule has 0 saturated heterocycles. The van der Waals surface area contributed by atoms with Crippen molar-refractivity contribution in [3.8, 4) is 0 Å². The van der Waals surface area contributed by atoms with Gasteiger partial charge in [0.2, 0.25) is 0 Å². The van der Waals surface area contributed by atoms with Crippen molar-refractivity contribution in [1.82, 2.24) is 4.98 Å². The van der Waals surface area contributed by atoms with Crippen molar-refractivity contribution in [2.45, 2.75) is 4.90 Å². The highest BCUT2D eigenvalue weighted by molar-refractivity contribution is 7.92. The first-order valence-corrected chi connectivity index (χ1v) is 6.74. The molecule has 0 atom stereocenters. The van der Waals surface area contributed by atoms with Crippen molar-refractivity contribution < 1.29 is 18.3 Å². The first-order valence-electron chi connectivity index (χ1n) is 5.26. The van der Waals surface area contributed by atoms with Gasteiger partial charge in [-0.2, -0.15) is 0 Å². The first kappa shape index (κ1) is 13.0. The van der Waals surface area contributed by atoms with Crippen LogP contribution in [-0.2, 0) is 10.0 Å². The number of sulfonamides is 1. The van der Waals surface area contributed by atoms with Gasteiger partial charge in [0.1, 0.15) is 4.90 Å². The molecule has 7 heteroatoms. The van der Waals surface area contributed by atoms with E-state index in [1.165, 1.54) is 42.7 Å². The van der Waals surface area contributed by atoms with Crippen molar-refractivity contribution in [1.29, 1.82) is 0 Å². The second-order valence-electron chi connectivity index (χ2n) is 3.64. The minimum atomic E-state index is -3.85. The zero-order chi connectivity index (χ0) is 13.9. The van der Waals surface area contributed by atoms with Gasteiger partial charge in [0.05, 0.1) is 11.3 Å². The molecule has 0 aliphatic carbocycles. The maximum Gasteiger partial charge on any atom is 0.337 e. The van der Waals surface area contributed by atoms with Crippen LogP contribution in [0.2, 0.25) is 0 Å². The number of rotatable bonds is 4. The fraction of sp³-hybridized carbons (Fsp3) is 0. The standard InChI is InChI=1S/C12H10N2O4S/c15-12(16)10-5-1-2-6-11(10)14-19(17,18)9-4-3-7-13-8-9/h1-8,14H,(H,15,16). The third-order valence-corrected chi connectivity index (χ3v) is 3.70. The zero-order valence-corrected chi connectivity index (χ0v) is 10.5. The van der Waals surface area contributed by atoms with E-state index < -0.39 is 16.0 Å². The zero-order valence-electron chi connectivity index (χ0n) is 9.65. The molecule has 0 unspecified atom stereocenters. The molecule has 1 heterocycles. The lowest BCUT2D eigenvalue weighted by Crippen LogP contribution is -2.15. The molecule has 0 saturated carbocycles. The second kappa shape index (κ2) is 5.07. The quantitative estimate of drug-likeness (QED) is 0.885. The first-order chi connectivity index (χ1) is 9.00. The number of anilines is 1. The number of pyridine rings is 1. The molecule has 1 aromatic carbocycles. The normalized spacial score (nSPS) is 10.9. The number of aromatic carboxylic acids is 1. The number of hydrogen-bond donors (Lipinski definition) is 2. The molecular weight excluding hydrogens is 268 g/mol. The van der Waals surface area contributed by atoms with Crippen LogP contribution in [0, 0.1) is 0 Å². The molecule has 6 nitrogen and oxygen atoms in total. The summed E-state index contributed by atoms with van der Waals surface area (Å²) >= 11 is 0. The lowest BCUT2D eigenvalue weighted by molar-refractivity contribution is 0.0698. The molecule has 0 bridgehead atoms. The summed E-state index contributed by atoms with van der Waals surface area (Å²) in [7, 11) is -3.85. The molecule has 2 aromatic rings. The highest BCUT2D eigenvalue weighted by atomic mass is 32.2. The molecule has 0 fully saturated rings. The van der Waals surface area contributed by atoms with Crippen molar-refractivity contribution >= 4 is 21.7 Å². The molecule has 0 aliphatic rings. The van der Waals surface area contributed by atoms with E-state index in [2.05, 4.69) is 9.71 Å². The number of hydrogen-bond acceptors (Lipinski definition) is 4. The molecule has 1 aromatic heterocycles. The number of carbonyl (C=O) groups is 1. The average molecular weight is 278 g/mol. The van der Waals surface area contributed by atoms with E-state index in [9.17, 15) is 13.2 Å². The Kier molecular flexibility index (Phi) is 3.48. The van der Waals surface area contributed by atoms with E-state index in [0.29, 0.717) is 0 Å². The Hall–Kier alpha value is -2.41. The van der Waals surface area contributed by atoms with Crippen LogP contribution in [-0.4, -0.2) is 24.5 Å². The number of carboxylic acid groups (broad SMARTS) is 1. The fourth-order valence-corrected chi connectivity index (χ4v) is 2.51. The average Bonchev–Trinajstić information content (AvgIpc) is 2.39. The van der Waals surface area contributed by atoms with Gasteiger partial charge < -0.3 is 5.11 Å². The Morgan fingerprint density at radius 1 is 1.16 bits per heavy atom. The minimum Gasteiger partial charge on any atom is -0.478 e. The molecule has 0 amide bonds. The maximum absolute atomic E-state index is 12.0. The molecule has 0 radical (unpaired) electrons. The number of benzene rings is 1. The Morgan fingerprint density at radius 2 is 1.89 bits per heavy atom. The molecule has 19 heavy (non-hydrogen) atoms. The molecular formula is C12H10N2O4S. The summed E-state index contributed by atoms with van der Waals surface area (Å²) in [5.74, 6) is -1.20. The van der Waals surface area contributed by atoms with Gasteiger partial charge >= 0.3 is 5.97 Å². The van der Waals surface area contributed by atoms with Gasteiger partial charge in [-0.3, -0.25) is 9.71 Å². The highest BCUT2D eigenvalue weighted by Crippen LogP contribution is 2.19. The van der Waals surface area contributed by atoms with Crippen LogP contribution in [0.25, 0.3) is 0 Å². The maximum atomic E-state index is 12.0. The summed E-state index contributed by atoms with van der Waals surface area (Å²) in [5.41, 5.74) is -0.103. The van der Waals surface area contributed by atoms with Crippen LogP contribution < -0.4 is 4.72 Å². The van der Waals surface area contributed by atoms with Crippen LogP contribution in [0.1, 0.15) is 10.4 Å². The molecule has 0 aliphatic heterocycles. The summed E-state index contributed by atoms with van der Waals surface area (Å²) in [6, 6.07) is 8.63. The van der Waals surface area contributed by atoms with Gasteiger partial charge in [0.25, 0.3) is 10.0 Å². The Balaban J connectivity index is 2.39. The minimum absolute atomic E-state index is 0.0128. The third kappa shape index (κ3) is 2.89. The predicted molar refractivity (Wildman–Crippen MR) is 68.4 cm³/mol. The van der Waals surface area contributed by atoms with Crippen molar-refractivity contribution in [2.24, 2.45) is 0 Å². The summed E-state index contributed by atoms with van der Waals surface area (Å²) in [4.78, 5) is 14.7. The lowest BCUT2D eigenvalue weighted by atomic mass is 10.2. The monoisotopic (exact) mass is 278 g/mol. The lowest BCUT2D eigenvalue weighted by Gasteiger charge is -2.09. The molecule has 98 valence electrons. The van der Waals surface area contributed by atoms with E-state index >= 15 is 0 Å². The topological polar surface area (TPSA) is 96.4 Å². The van der Waals surface area contributed by atoms with Crippen molar-refractivity contribution in [3.63, 3.8) is 0 Å². The Morgan fingerprint density at radius 3 is 2.53 bits per heavy atom. The highest BCUT2D eigenvalue weighted by Gasteiger charge is 2.17. The van der Waals surface area contributed by atoms with E-state index in [1.807, 2.05) is 0 Å². The third-order valence-electron chi connectivity index (χ3n) is 2.35. The van der Waals surface area contributed by atoms with Crippen LogP contribution in [0.4, 0.5) is 5.69 Å². The number of nitrogens with one attached hydrogen (secondary N) is 1. The Labute approximate surface area is 109 Å². The van der Waals surface area contributed by atoms with Crippen molar-refractivity contribution in [3.05, 3.63) is 54.4 Å². The largest absolute Gasteiger partial charge is 0.478 e. The van der Waals surface area contributed by atoms with Crippen LogP contribution in [0.5, 0.6) is 0 Å². The van der Waals surface area contributed by atoms with E-state index in [-0.39, 0.29) is 16.1 Å². The van der Waals surface area contributed by atoms with Gasteiger partial charge in [-0.1, -0.05) is 12.1 Å². The number of para-hydroxylation sites is 1. The van der Waals surface area contributed by atoms with Crippen LogP contribution in [0.15, 0.2) is 53.7 Å². The van der Waals surface area contributed by atoms with Gasteiger partial charge in [-0.25, -0.2) is 13.2 Å². The van der Waals surface area contributed by atoms with Gasteiger partial charge in [0, 0.05) is 12.4 Å². The molecule has 0 spiro atoms. The summed E-state index contributed by atoms with van der Waals surface area (Å²) in [6.45, 7) is 0. The summed E-state index contributed by atoms with van der Waals surface area (Å²) < 4.78 is 26.3. The fourth-order valence-electron chi connectivity index (χ4n) is 1.47. The van der Waals surface area contributed by atoms with Crippen LogP contribution in [0.3, 0.4) is 0 Å². The van der Waals surface area contributed by atoms with Crippen LogP contribution >= 0.6 is 0 Å². The predicted octanol–water partition coefficient (Wildman–Crippen LogP) is 1.58. The van der Waals surface area contributed by atoms with Crippen molar-refractivity contribution in [2.75, 3.05) is 4.72 Å². The smallest absolute Gasteiger partial charge is 0.337 e. The SMILES string of the molecule is O=C(O)c1ccccc1NS(=O)(=O)c1cccnc1. The van der Waals surface area contributed by atoms with Gasteiger partial charge in [-0.15, -0.1) is 0 Å². The second-order valence-corrected chi connectivity index (χ2v) is 5.33. The van der Waals surface area contributed by atoms with E-state index in [4.69, 9.17) is 5.11 Å². The number of carboxylic acids is 1. The molecule has 2 N–H and O–H groups in total.